The molecule has 0 aliphatic carbocycles. The number of phenols is 4. The van der Waals surface area contributed by atoms with Crippen LogP contribution in [0.25, 0.3) is 0 Å². The Labute approximate surface area is 184 Å². The molecule has 4 heteroatoms. The third-order valence-electron chi connectivity index (χ3n) is 6.03. The Balaban J connectivity index is 2.36. The molecular formula is C27H32O4. The van der Waals surface area contributed by atoms with Gasteiger partial charge < -0.3 is 20.4 Å². The van der Waals surface area contributed by atoms with Gasteiger partial charge in [0.2, 0.25) is 0 Å². The van der Waals surface area contributed by atoms with Crippen LogP contribution in [0.2, 0.25) is 0 Å². The maximum Gasteiger partial charge on any atom is 0.157 e. The lowest BCUT2D eigenvalue weighted by atomic mass is 9.78. The van der Waals surface area contributed by atoms with Gasteiger partial charge in [0.1, 0.15) is 11.5 Å². The highest BCUT2D eigenvalue weighted by Gasteiger charge is 2.25. The van der Waals surface area contributed by atoms with Gasteiger partial charge in [-0.15, -0.1) is 0 Å². The van der Waals surface area contributed by atoms with Crippen molar-refractivity contribution in [3.05, 3.63) is 81.4 Å². The van der Waals surface area contributed by atoms with Crippen LogP contribution < -0.4 is 0 Å². The fourth-order valence-corrected chi connectivity index (χ4v) is 4.25. The molecule has 0 saturated carbocycles. The summed E-state index contributed by atoms with van der Waals surface area (Å²) in [6.45, 7) is 12.1. The van der Waals surface area contributed by atoms with Crippen molar-refractivity contribution in [1.82, 2.24) is 0 Å². The van der Waals surface area contributed by atoms with Gasteiger partial charge in [-0.25, -0.2) is 0 Å². The summed E-state index contributed by atoms with van der Waals surface area (Å²) in [4.78, 5) is 0. The van der Waals surface area contributed by atoms with Crippen LogP contribution in [0.1, 0.15) is 84.4 Å². The second-order valence-corrected chi connectivity index (χ2v) is 9.03. The summed E-state index contributed by atoms with van der Waals surface area (Å²) < 4.78 is 0. The lowest BCUT2D eigenvalue weighted by Crippen LogP contribution is -2.09. The maximum atomic E-state index is 10.5. The van der Waals surface area contributed by atoms with Gasteiger partial charge in [0.25, 0.3) is 0 Å². The Morgan fingerprint density at radius 2 is 0.968 bits per heavy atom. The quantitative estimate of drug-likeness (QED) is 0.279. The van der Waals surface area contributed by atoms with Crippen LogP contribution in [-0.4, -0.2) is 20.4 Å². The van der Waals surface area contributed by atoms with E-state index in [9.17, 15) is 20.4 Å². The highest BCUT2D eigenvalue weighted by atomic mass is 16.3. The molecule has 0 bridgehead atoms. The zero-order chi connectivity index (χ0) is 23.0. The van der Waals surface area contributed by atoms with Crippen molar-refractivity contribution < 1.29 is 20.4 Å². The van der Waals surface area contributed by atoms with Crippen molar-refractivity contribution >= 4 is 0 Å². The third-order valence-corrected chi connectivity index (χ3v) is 6.03. The van der Waals surface area contributed by atoms with E-state index >= 15 is 0 Å². The summed E-state index contributed by atoms with van der Waals surface area (Å²) in [5.74, 6) is 0.229. The molecule has 0 radical (unpaired) electrons. The van der Waals surface area contributed by atoms with Gasteiger partial charge in [0.15, 0.2) is 11.5 Å². The van der Waals surface area contributed by atoms with E-state index < -0.39 is 0 Å². The molecule has 31 heavy (non-hydrogen) atoms. The minimum absolute atomic E-state index is 0.139. The maximum absolute atomic E-state index is 10.5. The zero-order valence-corrected chi connectivity index (χ0v) is 19.1. The average molecular weight is 421 g/mol. The summed E-state index contributed by atoms with van der Waals surface area (Å²) in [6.07, 6.45) is 0. The van der Waals surface area contributed by atoms with E-state index in [0.29, 0.717) is 0 Å². The van der Waals surface area contributed by atoms with Crippen molar-refractivity contribution in [3.63, 3.8) is 0 Å². The first kappa shape index (κ1) is 22.5. The van der Waals surface area contributed by atoms with E-state index in [1.54, 1.807) is 18.2 Å². The molecule has 164 valence electrons. The molecule has 3 rings (SSSR count). The molecule has 0 aliphatic rings. The Kier molecular flexibility index (Phi) is 6.21. The number of benzene rings is 3. The molecule has 0 aromatic heterocycles. The van der Waals surface area contributed by atoms with Crippen molar-refractivity contribution in [1.29, 1.82) is 0 Å². The molecular weight excluding hydrogens is 388 g/mol. The average Bonchev–Trinajstić information content (AvgIpc) is 2.67. The number of hydrogen-bond acceptors (Lipinski definition) is 4. The molecule has 3 aromatic carbocycles. The second kappa shape index (κ2) is 8.54. The van der Waals surface area contributed by atoms with Gasteiger partial charge in [0.05, 0.1) is 0 Å². The molecule has 0 aliphatic heterocycles. The van der Waals surface area contributed by atoms with Crippen molar-refractivity contribution in [2.75, 3.05) is 0 Å². The molecule has 4 nitrogen and oxygen atoms in total. The van der Waals surface area contributed by atoms with Crippen LogP contribution in [0.5, 0.6) is 23.0 Å². The number of rotatable bonds is 5. The summed E-state index contributed by atoms with van der Waals surface area (Å²) in [5, 5.41) is 41.1. The van der Waals surface area contributed by atoms with E-state index in [0.717, 1.165) is 38.9 Å². The summed E-state index contributed by atoms with van der Waals surface area (Å²) in [5.41, 5.74) is 6.41. The molecule has 0 fully saturated rings. The predicted octanol–water partition coefficient (Wildman–Crippen LogP) is 6.55. The molecule has 0 saturated heterocycles. The van der Waals surface area contributed by atoms with Crippen molar-refractivity contribution in [2.24, 2.45) is 0 Å². The highest BCUT2D eigenvalue weighted by Crippen LogP contribution is 2.43. The smallest absolute Gasteiger partial charge is 0.157 e. The largest absolute Gasteiger partial charge is 0.508 e. The van der Waals surface area contributed by atoms with E-state index in [1.165, 1.54) is 6.07 Å². The fourth-order valence-electron chi connectivity index (χ4n) is 4.25. The van der Waals surface area contributed by atoms with Crippen LogP contribution in [-0.2, 0) is 0 Å². The van der Waals surface area contributed by atoms with Crippen molar-refractivity contribution in [3.8, 4) is 23.0 Å². The topological polar surface area (TPSA) is 80.9 Å². The van der Waals surface area contributed by atoms with Crippen LogP contribution in [0.3, 0.4) is 0 Å². The van der Waals surface area contributed by atoms with E-state index in [1.807, 2.05) is 59.7 Å². The Morgan fingerprint density at radius 1 is 0.516 bits per heavy atom. The minimum atomic E-state index is -0.248. The summed E-state index contributed by atoms with van der Waals surface area (Å²) >= 11 is 0. The van der Waals surface area contributed by atoms with Gasteiger partial charge >= 0.3 is 0 Å². The Morgan fingerprint density at radius 3 is 1.35 bits per heavy atom. The van der Waals surface area contributed by atoms with Crippen LogP contribution in [0.15, 0.2) is 42.5 Å². The Bertz CT molecular complexity index is 1050. The molecule has 0 spiro atoms. The second-order valence-electron chi connectivity index (χ2n) is 9.03. The molecule has 0 atom stereocenters. The number of aromatic hydroxyl groups is 4. The standard InChI is InChI=1S/C27H32O4/c1-14(2)19-12-21(16(5)9-24(19)29)27(18-7-8-23(28)26(31)11-18)22-13-20(15(3)4)25(30)10-17(22)6/h7-15,27-31H,1-6H3. The number of aryl methyl sites for hydroxylation is 2. The first-order valence-electron chi connectivity index (χ1n) is 10.7. The zero-order valence-electron chi connectivity index (χ0n) is 19.1. The Hall–Kier alpha value is -3.14. The van der Waals surface area contributed by atoms with E-state index in [4.69, 9.17) is 0 Å². The van der Waals surface area contributed by atoms with Crippen LogP contribution in [0.4, 0.5) is 0 Å². The van der Waals surface area contributed by atoms with E-state index in [-0.39, 0.29) is 40.8 Å². The molecule has 0 unspecified atom stereocenters. The number of phenolic OH excluding ortho intramolecular Hbond substituents is 4. The molecule has 0 amide bonds. The third kappa shape index (κ3) is 4.34. The predicted molar refractivity (Wildman–Crippen MR) is 125 cm³/mol. The summed E-state index contributed by atoms with van der Waals surface area (Å²) in [6, 6.07) is 12.5. The molecule has 0 heterocycles. The van der Waals surface area contributed by atoms with Gasteiger partial charge in [0, 0.05) is 5.92 Å². The normalized spacial score (nSPS) is 11.6. The van der Waals surface area contributed by atoms with Crippen LogP contribution >= 0.6 is 0 Å². The van der Waals surface area contributed by atoms with Crippen LogP contribution in [0, 0.1) is 13.8 Å². The first-order valence-corrected chi connectivity index (χ1v) is 10.7. The van der Waals surface area contributed by atoms with E-state index in [2.05, 4.69) is 0 Å². The SMILES string of the molecule is Cc1cc(O)c(C(C)C)cc1C(c1ccc(O)c(O)c1)c1cc(C(C)C)c(O)cc1C. The highest BCUT2D eigenvalue weighted by molar-refractivity contribution is 5.57. The number of hydrogen-bond donors (Lipinski definition) is 4. The monoisotopic (exact) mass is 420 g/mol. The van der Waals surface area contributed by atoms with Gasteiger partial charge in [-0.1, -0.05) is 45.9 Å². The minimum Gasteiger partial charge on any atom is -0.508 e. The van der Waals surface area contributed by atoms with Gasteiger partial charge in [-0.05, 0) is 88.9 Å². The summed E-state index contributed by atoms with van der Waals surface area (Å²) in [7, 11) is 0. The first-order chi connectivity index (χ1) is 14.5. The lowest BCUT2D eigenvalue weighted by Gasteiger charge is -2.26. The molecule has 3 aromatic rings. The van der Waals surface area contributed by atoms with Gasteiger partial charge in [-0.2, -0.15) is 0 Å². The fraction of sp³-hybridized carbons (Fsp3) is 0.333. The molecule has 4 N–H and O–H groups in total. The lowest BCUT2D eigenvalue weighted by molar-refractivity contribution is 0.403. The van der Waals surface area contributed by atoms with Gasteiger partial charge in [-0.3, -0.25) is 0 Å². The van der Waals surface area contributed by atoms with Crippen molar-refractivity contribution in [2.45, 2.75) is 59.3 Å².